The van der Waals surface area contributed by atoms with Gasteiger partial charge in [0.15, 0.2) is 21.2 Å². The van der Waals surface area contributed by atoms with Gasteiger partial charge < -0.3 is 4.74 Å². The van der Waals surface area contributed by atoms with Crippen LogP contribution in [0.4, 0.5) is 0 Å². The number of rotatable bonds is 5. The third-order valence-electron chi connectivity index (χ3n) is 5.06. The molecule has 1 atom stereocenters. The molecule has 6 heteroatoms. The third-order valence-corrected chi connectivity index (χ3v) is 6.19. The first kappa shape index (κ1) is 20.0. The van der Waals surface area contributed by atoms with Crippen LogP contribution < -0.4 is 0 Å². The monoisotopic (exact) mass is 398 g/mol. The van der Waals surface area contributed by atoms with Crippen molar-refractivity contribution in [1.82, 2.24) is 0 Å². The van der Waals surface area contributed by atoms with Crippen LogP contribution in [0.1, 0.15) is 48.7 Å². The van der Waals surface area contributed by atoms with Gasteiger partial charge in [-0.2, -0.15) is 0 Å². The molecule has 1 heterocycles. The van der Waals surface area contributed by atoms with Gasteiger partial charge in [-0.1, -0.05) is 31.2 Å². The average molecular weight is 398 g/mol. The van der Waals surface area contributed by atoms with Crippen LogP contribution >= 0.6 is 0 Å². The van der Waals surface area contributed by atoms with Crippen molar-refractivity contribution < 1.29 is 22.7 Å². The number of carbonyl (C=O) groups excluding carboxylic acids is 2. The van der Waals surface area contributed by atoms with E-state index in [0.717, 1.165) is 6.26 Å². The molecular formula is C22H22O5S. The lowest BCUT2D eigenvalue weighted by Gasteiger charge is -2.21. The van der Waals surface area contributed by atoms with Gasteiger partial charge in [-0.05, 0) is 50.1 Å². The topological polar surface area (TPSA) is 77.5 Å². The van der Waals surface area contributed by atoms with Crippen molar-refractivity contribution in [2.24, 2.45) is 0 Å². The second-order valence-electron chi connectivity index (χ2n) is 7.15. The summed E-state index contributed by atoms with van der Waals surface area (Å²) in [5.74, 6) is 0.238. The molecule has 0 spiro atoms. The van der Waals surface area contributed by atoms with Gasteiger partial charge in [-0.15, -0.1) is 0 Å². The van der Waals surface area contributed by atoms with E-state index in [0.29, 0.717) is 34.4 Å². The summed E-state index contributed by atoms with van der Waals surface area (Å²) in [5.41, 5.74) is 1.30. The van der Waals surface area contributed by atoms with Gasteiger partial charge in [-0.25, -0.2) is 8.42 Å². The zero-order valence-electron chi connectivity index (χ0n) is 16.3. The first-order chi connectivity index (χ1) is 13.1. The molecule has 0 saturated carbocycles. The maximum atomic E-state index is 13.1. The quantitative estimate of drug-likeness (QED) is 0.713. The molecular weight excluding hydrogens is 376 g/mol. The maximum Gasteiger partial charge on any atom is 0.210 e. The Balaban J connectivity index is 2.14. The molecule has 0 fully saturated rings. The van der Waals surface area contributed by atoms with Crippen molar-refractivity contribution in [2.45, 2.75) is 37.7 Å². The molecule has 2 aromatic rings. The van der Waals surface area contributed by atoms with Crippen molar-refractivity contribution >= 4 is 32.7 Å². The molecule has 0 radical (unpaired) electrons. The minimum atomic E-state index is -3.32. The van der Waals surface area contributed by atoms with Crippen LogP contribution in [0.2, 0.25) is 0 Å². The standard InChI is InChI=1S/C22H22O5S/c1-5-22(3)21(24)19(16-8-6-15(7-9-16)14(2)23)20(27-22)17-10-12-18(13-11-17)28(4,25)26/h6-13H,5H2,1-4H3. The highest BCUT2D eigenvalue weighted by Crippen LogP contribution is 2.43. The summed E-state index contributed by atoms with van der Waals surface area (Å²) < 4.78 is 29.5. The van der Waals surface area contributed by atoms with Crippen LogP contribution in [0.15, 0.2) is 53.4 Å². The summed E-state index contributed by atoms with van der Waals surface area (Å²) >= 11 is 0. The number of sulfone groups is 1. The SMILES string of the molecule is CCC1(C)OC(c2ccc(S(C)(=O)=O)cc2)=C(c2ccc(C(C)=O)cc2)C1=O. The van der Waals surface area contributed by atoms with E-state index in [1.54, 1.807) is 43.3 Å². The summed E-state index contributed by atoms with van der Waals surface area (Å²) in [4.78, 5) is 24.9. The zero-order chi connectivity index (χ0) is 20.7. The van der Waals surface area contributed by atoms with Crippen LogP contribution in [0.3, 0.4) is 0 Å². The van der Waals surface area contributed by atoms with Crippen LogP contribution in [-0.2, 0) is 19.4 Å². The molecule has 1 aliphatic heterocycles. The molecule has 0 saturated heterocycles. The summed E-state index contributed by atoms with van der Waals surface area (Å²) in [6, 6.07) is 13.1. The summed E-state index contributed by atoms with van der Waals surface area (Å²) in [5, 5.41) is 0. The summed E-state index contributed by atoms with van der Waals surface area (Å²) in [6.07, 6.45) is 1.64. The largest absolute Gasteiger partial charge is 0.478 e. The minimum Gasteiger partial charge on any atom is -0.478 e. The van der Waals surface area contributed by atoms with E-state index in [1.165, 1.54) is 19.1 Å². The molecule has 5 nitrogen and oxygen atoms in total. The van der Waals surface area contributed by atoms with Crippen molar-refractivity contribution in [3.8, 4) is 0 Å². The molecule has 146 valence electrons. The lowest BCUT2D eigenvalue weighted by molar-refractivity contribution is -0.126. The normalized spacial score (nSPS) is 19.6. The van der Waals surface area contributed by atoms with Crippen LogP contribution in [-0.4, -0.2) is 31.8 Å². The second kappa shape index (κ2) is 7.02. The summed E-state index contributed by atoms with van der Waals surface area (Å²) in [7, 11) is -3.32. The number of Topliss-reactive ketones (excluding diaryl/α,β-unsaturated/α-hetero) is 2. The molecule has 0 bridgehead atoms. The summed E-state index contributed by atoms with van der Waals surface area (Å²) in [6.45, 7) is 5.11. The molecule has 0 N–H and O–H groups in total. The van der Waals surface area contributed by atoms with Gasteiger partial charge in [0, 0.05) is 17.4 Å². The minimum absolute atomic E-state index is 0.0514. The fourth-order valence-electron chi connectivity index (χ4n) is 3.11. The zero-order valence-corrected chi connectivity index (χ0v) is 17.1. The van der Waals surface area contributed by atoms with Gasteiger partial charge in [0.2, 0.25) is 5.78 Å². The van der Waals surface area contributed by atoms with Gasteiger partial charge >= 0.3 is 0 Å². The van der Waals surface area contributed by atoms with Crippen molar-refractivity contribution in [3.05, 3.63) is 65.2 Å². The number of hydrogen-bond donors (Lipinski definition) is 0. The maximum absolute atomic E-state index is 13.1. The highest BCUT2D eigenvalue weighted by molar-refractivity contribution is 7.90. The fraction of sp³-hybridized carbons (Fsp3) is 0.273. The van der Waals surface area contributed by atoms with E-state index in [2.05, 4.69) is 0 Å². The first-order valence-corrected chi connectivity index (χ1v) is 10.9. The molecule has 0 aliphatic carbocycles. The molecule has 28 heavy (non-hydrogen) atoms. The molecule has 0 aromatic heterocycles. The number of benzene rings is 2. The predicted octanol–water partition coefficient (Wildman–Crippen LogP) is 3.93. The van der Waals surface area contributed by atoms with Gasteiger partial charge in [0.1, 0.15) is 5.76 Å². The Bertz CT molecular complexity index is 1080. The van der Waals surface area contributed by atoms with Crippen LogP contribution in [0.5, 0.6) is 0 Å². The third kappa shape index (κ3) is 3.52. The Morgan fingerprint density at radius 3 is 2.00 bits per heavy atom. The molecule has 0 amide bonds. The predicted molar refractivity (Wildman–Crippen MR) is 108 cm³/mol. The van der Waals surface area contributed by atoms with Crippen molar-refractivity contribution in [3.63, 3.8) is 0 Å². The van der Waals surface area contributed by atoms with Crippen molar-refractivity contribution in [2.75, 3.05) is 6.26 Å². The Kier molecular flexibility index (Phi) is 5.02. The van der Waals surface area contributed by atoms with Gasteiger partial charge in [0.05, 0.1) is 10.5 Å². The van der Waals surface area contributed by atoms with E-state index in [-0.39, 0.29) is 16.5 Å². The smallest absolute Gasteiger partial charge is 0.210 e. The Morgan fingerprint density at radius 2 is 1.54 bits per heavy atom. The van der Waals surface area contributed by atoms with E-state index in [9.17, 15) is 18.0 Å². The number of ketones is 2. The van der Waals surface area contributed by atoms with E-state index in [4.69, 9.17) is 4.74 Å². The number of hydrogen-bond acceptors (Lipinski definition) is 5. The van der Waals surface area contributed by atoms with E-state index in [1.807, 2.05) is 6.92 Å². The Hall–Kier alpha value is -2.73. The van der Waals surface area contributed by atoms with Crippen LogP contribution in [0.25, 0.3) is 11.3 Å². The Labute approximate surface area is 165 Å². The second-order valence-corrected chi connectivity index (χ2v) is 9.17. The fourth-order valence-corrected chi connectivity index (χ4v) is 3.74. The van der Waals surface area contributed by atoms with E-state index < -0.39 is 15.4 Å². The lowest BCUT2D eigenvalue weighted by atomic mass is 9.89. The highest BCUT2D eigenvalue weighted by Gasteiger charge is 2.45. The molecule has 1 aliphatic rings. The average Bonchev–Trinajstić information content (AvgIpc) is 2.93. The molecule has 1 unspecified atom stereocenters. The number of ether oxygens (including phenoxy) is 1. The highest BCUT2D eigenvalue weighted by atomic mass is 32.2. The molecule has 3 rings (SSSR count). The van der Waals surface area contributed by atoms with Crippen LogP contribution in [0, 0.1) is 0 Å². The van der Waals surface area contributed by atoms with Gasteiger partial charge in [-0.3, -0.25) is 9.59 Å². The lowest BCUT2D eigenvalue weighted by Crippen LogP contribution is -2.32. The first-order valence-electron chi connectivity index (χ1n) is 8.97. The molecule has 2 aromatic carbocycles. The van der Waals surface area contributed by atoms with E-state index >= 15 is 0 Å². The Morgan fingerprint density at radius 1 is 1.00 bits per heavy atom. The van der Waals surface area contributed by atoms with Crippen molar-refractivity contribution in [1.29, 1.82) is 0 Å². The van der Waals surface area contributed by atoms with Gasteiger partial charge in [0.25, 0.3) is 0 Å². The number of carbonyl (C=O) groups is 2.